The number of allylic oxidation sites excluding steroid dienone is 1. The van der Waals surface area contributed by atoms with Crippen molar-refractivity contribution in [1.29, 1.82) is 0 Å². The van der Waals surface area contributed by atoms with Crippen LogP contribution in [0.15, 0.2) is 12.7 Å². The van der Waals surface area contributed by atoms with Crippen LogP contribution >= 0.6 is 0 Å². The van der Waals surface area contributed by atoms with Crippen LogP contribution in [0.3, 0.4) is 0 Å². The van der Waals surface area contributed by atoms with Crippen molar-refractivity contribution in [3.05, 3.63) is 12.7 Å². The Balaban J connectivity index is -0.000000845. The van der Waals surface area contributed by atoms with E-state index in [4.69, 9.17) is 0 Å². The van der Waals surface area contributed by atoms with Crippen LogP contribution in [0.4, 0.5) is 0 Å². The van der Waals surface area contributed by atoms with Gasteiger partial charge in [-0.1, -0.05) is 85.6 Å². The van der Waals surface area contributed by atoms with Crippen molar-refractivity contribution in [2.75, 3.05) is 0 Å². The van der Waals surface area contributed by atoms with Gasteiger partial charge in [0, 0.05) is 0 Å². The average Bonchev–Trinajstić information content (AvgIpc) is 2.21. The maximum Gasteiger partial charge on any atom is -0.0353 e. The Kier molecular flexibility index (Phi) is 26.6. The first-order valence-electron chi connectivity index (χ1n) is 6.52. The fraction of sp³-hybridized carbons (Fsp3) is 0.875. The lowest BCUT2D eigenvalue weighted by Gasteiger charge is -2.00. The molecule has 16 heavy (non-hydrogen) atoms. The molecule has 0 spiro atoms. The molecule has 0 aromatic rings. The molecule has 0 N–H and O–H groups in total. The van der Waals surface area contributed by atoms with Crippen molar-refractivity contribution in [3.63, 3.8) is 0 Å². The Hall–Kier alpha value is -0.260. The van der Waals surface area contributed by atoms with Gasteiger partial charge in [-0.2, -0.15) is 0 Å². The van der Waals surface area contributed by atoms with Crippen molar-refractivity contribution in [2.24, 2.45) is 0 Å². The summed E-state index contributed by atoms with van der Waals surface area (Å²) in [6, 6.07) is 0. The van der Waals surface area contributed by atoms with Gasteiger partial charge in [0.25, 0.3) is 0 Å². The largest absolute Gasteiger partial charge is 0.103 e. The Morgan fingerprint density at radius 1 is 0.688 bits per heavy atom. The Morgan fingerprint density at radius 2 is 1.06 bits per heavy atom. The third-order valence-corrected chi connectivity index (χ3v) is 2.76. The van der Waals surface area contributed by atoms with Gasteiger partial charge in [0.15, 0.2) is 0 Å². The minimum atomic E-state index is 0. The maximum atomic E-state index is 3.74. The van der Waals surface area contributed by atoms with E-state index in [1.165, 1.54) is 70.6 Å². The van der Waals surface area contributed by atoms with Crippen molar-refractivity contribution >= 4 is 0 Å². The highest BCUT2D eigenvalue weighted by atomic mass is 14.0. The monoisotopic (exact) mass is 228 g/mol. The molecule has 0 aromatic heterocycles. The molecule has 0 aromatic carbocycles. The second-order valence-electron chi connectivity index (χ2n) is 4.26. The lowest BCUT2D eigenvalue weighted by molar-refractivity contribution is 0.558. The second kappa shape index (κ2) is 20.2. The van der Waals surface area contributed by atoms with Gasteiger partial charge in [-0.3, -0.25) is 0 Å². The molecular weight excluding hydrogens is 192 g/mol. The second-order valence-corrected chi connectivity index (χ2v) is 4.26. The van der Waals surface area contributed by atoms with Crippen LogP contribution < -0.4 is 0 Å². The molecule has 0 saturated carbocycles. The lowest BCUT2D eigenvalue weighted by atomic mass is 10.1. The fourth-order valence-electron chi connectivity index (χ4n) is 1.78. The van der Waals surface area contributed by atoms with E-state index in [0.717, 1.165) is 0 Å². The van der Waals surface area contributed by atoms with Crippen molar-refractivity contribution in [2.45, 2.75) is 92.4 Å². The summed E-state index contributed by atoms with van der Waals surface area (Å²) in [7, 11) is 0. The molecule has 0 saturated heterocycles. The van der Waals surface area contributed by atoms with Gasteiger partial charge in [0.2, 0.25) is 0 Å². The normalized spacial score (nSPS) is 9.06. The van der Waals surface area contributed by atoms with E-state index in [0.29, 0.717) is 0 Å². The molecule has 0 aliphatic carbocycles. The standard InChI is InChI=1S/C14H28.2CH4/c1-3-5-7-9-11-13-14-12-10-8-6-4-2;;/h3H,1,4-14H2,2H3;2*1H4. The van der Waals surface area contributed by atoms with Gasteiger partial charge < -0.3 is 0 Å². The highest BCUT2D eigenvalue weighted by Crippen LogP contribution is 2.11. The van der Waals surface area contributed by atoms with E-state index in [1.54, 1.807) is 0 Å². The summed E-state index contributed by atoms with van der Waals surface area (Å²) >= 11 is 0. The van der Waals surface area contributed by atoms with E-state index >= 15 is 0 Å². The van der Waals surface area contributed by atoms with Crippen LogP contribution in [0.2, 0.25) is 0 Å². The summed E-state index contributed by atoms with van der Waals surface area (Å²) in [4.78, 5) is 0. The number of unbranched alkanes of at least 4 members (excludes halogenated alkanes) is 10. The Bertz CT molecular complexity index is 105. The van der Waals surface area contributed by atoms with Crippen LogP contribution in [0.5, 0.6) is 0 Å². The van der Waals surface area contributed by atoms with Gasteiger partial charge in [-0.25, -0.2) is 0 Å². The van der Waals surface area contributed by atoms with E-state index in [9.17, 15) is 0 Å². The molecule has 0 fully saturated rings. The first-order chi connectivity index (χ1) is 6.91. The molecular formula is C16H36. The molecule has 0 unspecified atom stereocenters. The fourth-order valence-corrected chi connectivity index (χ4v) is 1.78. The molecule has 0 rings (SSSR count). The summed E-state index contributed by atoms with van der Waals surface area (Å²) in [5.41, 5.74) is 0. The summed E-state index contributed by atoms with van der Waals surface area (Å²) in [6.07, 6.45) is 17.5. The number of hydrogen-bond acceptors (Lipinski definition) is 0. The van der Waals surface area contributed by atoms with Crippen molar-refractivity contribution in [3.8, 4) is 0 Å². The molecule has 0 amide bonds. The van der Waals surface area contributed by atoms with Gasteiger partial charge in [-0.05, 0) is 12.8 Å². The summed E-state index contributed by atoms with van der Waals surface area (Å²) < 4.78 is 0. The molecule has 0 radical (unpaired) electrons. The minimum Gasteiger partial charge on any atom is -0.103 e. The Morgan fingerprint density at radius 3 is 1.44 bits per heavy atom. The summed E-state index contributed by atoms with van der Waals surface area (Å²) in [6.45, 7) is 6.01. The smallest absolute Gasteiger partial charge is 0.0353 e. The van der Waals surface area contributed by atoms with Gasteiger partial charge in [0.1, 0.15) is 0 Å². The Labute approximate surface area is 106 Å². The van der Waals surface area contributed by atoms with Gasteiger partial charge >= 0.3 is 0 Å². The van der Waals surface area contributed by atoms with E-state index in [1.807, 2.05) is 6.08 Å². The molecule has 0 bridgehead atoms. The molecule has 0 atom stereocenters. The van der Waals surface area contributed by atoms with E-state index < -0.39 is 0 Å². The molecule has 0 heteroatoms. The van der Waals surface area contributed by atoms with Crippen molar-refractivity contribution in [1.82, 2.24) is 0 Å². The minimum absolute atomic E-state index is 0. The maximum absolute atomic E-state index is 3.74. The van der Waals surface area contributed by atoms with Crippen LogP contribution in [0, 0.1) is 0 Å². The topological polar surface area (TPSA) is 0 Å². The highest BCUT2D eigenvalue weighted by molar-refractivity contribution is 4.65. The van der Waals surface area contributed by atoms with Gasteiger partial charge in [0.05, 0.1) is 0 Å². The van der Waals surface area contributed by atoms with E-state index in [-0.39, 0.29) is 14.9 Å². The first-order valence-corrected chi connectivity index (χ1v) is 6.52. The number of hydrogen-bond donors (Lipinski definition) is 0. The first kappa shape index (κ1) is 21.1. The van der Waals surface area contributed by atoms with Crippen LogP contribution in [-0.2, 0) is 0 Å². The predicted octanol–water partition coefficient (Wildman–Crippen LogP) is 6.76. The average molecular weight is 228 g/mol. The zero-order valence-electron chi connectivity index (χ0n) is 10.1. The lowest BCUT2D eigenvalue weighted by Crippen LogP contribution is -1.81. The zero-order valence-corrected chi connectivity index (χ0v) is 10.1. The van der Waals surface area contributed by atoms with E-state index in [2.05, 4.69) is 13.5 Å². The third-order valence-electron chi connectivity index (χ3n) is 2.76. The quantitative estimate of drug-likeness (QED) is 0.271. The van der Waals surface area contributed by atoms with Crippen LogP contribution in [0.1, 0.15) is 92.4 Å². The molecule has 100 valence electrons. The SMILES string of the molecule is C.C.C=CCCCCCCCCCCCC. The molecule has 0 aliphatic rings. The molecule has 0 aliphatic heterocycles. The van der Waals surface area contributed by atoms with Crippen molar-refractivity contribution < 1.29 is 0 Å². The zero-order chi connectivity index (χ0) is 10.5. The summed E-state index contributed by atoms with van der Waals surface area (Å²) in [5.74, 6) is 0. The number of rotatable bonds is 11. The molecule has 0 heterocycles. The molecule has 0 nitrogen and oxygen atoms in total. The van der Waals surface area contributed by atoms with Crippen LogP contribution in [0.25, 0.3) is 0 Å². The third kappa shape index (κ3) is 19.3. The predicted molar refractivity (Wildman–Crippen MR) is 80.1 cm³/mol. The van der Waals surface area contributed by atoms with Crippen LogP contribution in [-0.4, -0.2) is 0 Å². The highest BCUT2D eigenvalue weighted by Gasteiger charge is 1.91. The van der Waals surface area contributed by atoms with Gasteiger partial charge in [-0.15, -0.1) is 6.58 Å². The summed E-state index contributed by atoms with van der Waals surface area (Å²) in [5, 5.41) is 0.